The number of carbonyl (C=O) groups excluding carboxylic acids is 2. The van der Waals surface area contributed by atoms with Gasteiger partial charge >= 0.3 is 12.1 Å². The summed E-state index contributed by atoms with van der Waals surface area (Å²) in [6.45, 7) is 17.4. The van der Waals surface area contributed by atoms with Gasteiger partial charge in [-0.3, -0.25) is 14.7 Å². The molecular formula is C46H54FN9O4. The van der Waals surface area contributed by atoms with Gasteiger partial charge in [-0.05, 0) is 78.4 Å². The van der Waals surface area contributed by atoms with Gasteiger partial charge in [0.25, 0.3) is 0 Å². The van der Waals surface area contributed by atoms with Gasteiger partial charge in [-0.15, -0.1) is 0 Å². The average molecular weight is 816 g/mol. The number of rotatable bonds is 12. The Kier molecular flexibility index (Phi) is 12.1. The van der Waals surface area contributed by atoms with E-state index in [4.69, 9.17) is 4.74 Å². The number of anilines is 2. The van der Waals surface area contributed by atoms with Crippen LogP contribution in [0.4, 0.5) is 25.4 Å². The molecule has 14 heteroatoms. The molecule has 0 spiro atoms. The SMILES string of the molecule is C=C1CCN(c2ccc(OCCN3CCN(Cc4ccc(-c5cc6c(-c7cc(F)cc(NC(=O)N8C[C@H](CC(C)C)[C@@H](O)C8)c7C)ncnc6[nH]5)cc4)CC3)cc2)C(=O)N1. The second kappa shape index (κ2) is 17.8. The van der Waals surface area contributed by atoms with Crippen molar-refractivity contribution in [2.45, 2.75) is 46.3 Å². The largest absolute Gasteiger partial charge is 0.492 e. The number of carbonyl (C=O) groups is 2. The molecule has 5 aromatic rings. The van der Waals surface area contributed by atoms with Gasteiger partial charge < -0.3 is 30.4 Å². The number of hydrogen-bond acceptors (Lipinski definition) is 8. The molecule has 4 amide bonds. The number of urea groups is 2. The van der Waals surface area contributed by atoms with E-state index >= 15 is 4.39 Å². The standard InChI is InChI=1S/C46H54FN9O4/c1-29(2)21-34-26-55(27-42(34)57)45(58)52-40-23-35(47)22-38(31(40)4)43-39-24-41(51-44(39)49-28-48-43)33-7-5-32(6-8-33)25-54-17-15-53(16-18-54)19-20-60-37-11-9-36(10-12-37)56-14-13-30(3)50-46(56)59/h5-12,22-24,28-29,34,42,57H,3,13-21,25-27H2,1-2,4H3,(H,50,59)(H,52,58)(H,48,49,51)/t34-,42-/m0/s1. The minimum atomic E-state index is -0.576. The molecule has 3 aromatic carbocycles. The van der Waals surface area contributed by atoms with Gasteiger partial charge in [0.2, 0.25) is 0 Å². The van der Waals surface area contributed by atoms with E-state index in [2.05, 4.69) is 80.1 Å². The molecule has 0 radical (unpaired) electrons. The van der Waals surface area contributed by atoms with Crippen molar-refractivity contribution in [3.8, 4) is 28.3 Å². The molecule has 0 unspecified atom stereocenters. The van der Waals surface area contributed by atoms with Crippen LogP contribution in [0.1, 0.15) is 37.8 Å². The van der Waals surface area contributed by atoms with Crippen molar-refractivity contribution in [1.29, 1.82) is 0 Å². The number of amides is 4. The molecule has 3 saturated heterocycles. The number of nitrogens with zero attached hydrogens (tertiary/aromatic N) is 6. The second-order valence-corrected chi connectivity index (χ2v) is 16.7. The van der Waals surface area contributed by atoms with Gasteiger partial charge in [0.1, 0.15) is 30.1 Å². The van der Waals surface area contributed by atoms with Crippen molar-refractivity contribution in [3.05, 3.63) is 102 Å². The van der Waals surface area contributed by atoms with E-state index in [-0.39, 0.29) is 24.5 Å². The van der Waals surface area contributed by atoms with Crippen LogP contribution in [0.25, 0.3) is 33.5 Å². The Balaban J connectivity index is 0.844. The molecular weight excluding hydrogens is 762 g/mol. The van der Waals surface area contributed by atoms with Gasteiger partial charge in [0.15, 0.2) is 0 Å². The summed E-state index contributed by atoms with van der Waals surface area (Å²) in [6.07, 6.45) is 2.45. The van der Waals surface area contributed by atoms with Crippen LogP contribution >= 0.6 is 0 Å². The number of likely N-dealkylation sites (tertiary alicyclic amines) is 1. The normalized spacial score (nSPS) is 19.0. The maximum absolute atomic E-state index is 15.2. The van der Waals surface area contributed by atoms with E-state index in [9.17, 15) is 14.7 Å². The van der Waals surface area contributed by atoms with Crippen molar-refractivity contribution in [1.82, 2.24) is 35.0 Å². The molecule has 8 rings (SSSR count). The Morgan fingerprint density at radius 3 is 2.48 bits per heavy atom. The molecule has 3 aliphatic heterocycles. The Morgan fingerprint density at radius 2 is 1.75 bits per heavy atom. The Morgan fingerprint density at radius 1 is 1.00 bits per heavy atom. The molecule has 4 N–H and O–H groups in total. The summed E-state index contributed by atoms with van der Waals surface area (Å²) in [6, 6.07) is 20.4. The van der Waals surface area contributed by atoms with Gasteiger partial charge in [-0.25, -0.2) is 23.9 Å². The van der Waals surface area contributed by atoms with Crippen LogP contribution in [-0.2, 0) is 6.54 Å². The highest BCUT2D eigenvalue weighted by Gasteiger charge is 2.34. The molecule has 0 saturated carbocycles. The lowest BCUT2D eigenvalue weighted by Gasteiger charge is -2.34. The smallest absolute Gasteiger partial charge is 0.326 e. The van der Waals surface area contributed by atoms with E-state index in [1.54, 1.807) is 9.80 Å². The fraction of sp³-hybridized carbons (Fsp3) is 0.391. The number of nitrogens with one attached hydrogen (secondary N) is 3. The zero-order valence-electron chi connectivity index (χ0n) is 34.6. The third kappa shape index (κ3) is 9.30. The maximum Gasteiger partial charge on any atom is 0.326 e. The second-order valence-electron chi connectivity index (χ2n) is 16.7. The molecule has 3 fully saturated rings. The van der Waals surface area contributed by atoms with Gasteiger partial charge in [0, 0.05) is 105 Å². The first-order valence-electron chi connectivity index (χ1n) is 20.9. The van der Waals surface area contributed by atoms with E-state index in [0.29, 0.717) is 53.8 Å². The van der Waals surface area contributed by atoms with Crippen LogP contribution in [0, 0.1) is 24.6 Å². The molecule has 2 aromatic heterocycles. The van der Waals surface area contributed by atoms with Crippen LogP contribution in [-0.4, -0.2) is 112 Å². The predicted molar refractivity (Wildman–Crippen MR) is 232 cm³/mol. The van der Waals surface area contributed by atoms with Crippen molar-refractivity contribution in [2.75, 3.05) is 69.2 Å². The topological polar surface area (TPSA) is 142 Å². The first kappa shape index (κ1) is 40.9. The minimum Gasteiger partial charge on any atom is -0.492 e. The number of fused-ring (bicyclic) bond motifs is 1. The Labute approximate surface area is 350 Å². The summed E-state index contributed by atoms with van der Waals surface area (Å²) >= 11 is 0. The fourth-order valence-corrected chi connectivity index (χ4v) is 8.53. The number of benzene rings is 3. The number of halogens is 1. The number of aromatic nitrogens is 3. The highest BCUT2D eigenvalue weighted by Crippen LogP contribution is 2.35. The molecule has 3 aliphatic rings. The van der Waals surface area contributed by atoms with Crippen LogP contribution in [0.5, 0.6) is 5.75 Å². The highest BCUT2D eigenvalue weighted by molar-refractivity contribution is 5.97. The number of aromatic amines is 1. The first-order valence-corrected chi connectivity index (χ1v) is 20.9. The van der Waals surface area contributed by atoms with E-state index in [1.807, 2.05) is 37.3 Å². The van der Waals surface area contributed by atoms with E-state index < -0.39 is 11.9 Å². The number of piperazine rings is 1. The first-order chi connectivity index (χ1) is 29.0. The third-order valence-corrected chi connectivity index (χ3v) is 11.9. The van der Waals surface area contributed by atoms with Crippen molar-refractivity contribution in [3.63, 3.8) is 0 Å². The molecule has 314 valence electrons. The minimum absolute atomic E-state index is 0.0189. The number of aliphatic hydroxyl groups is 1. The van der Waals surface area contributed by atoms with Gasteiger partial charge in [0.05, 0.1) is 11.8 Å². The molecule has 2 atom stereocenters. The molecule has 13 nitrogen and oxygen atoms in total. The lowest BCUT2D eigenvalue weighted by molar-refractivity contribution is 0.112. The van der Waals surface area contributed by atoms with Crippen molar-refractivity contribution in [2.24, 2.45) is 11.8 Å². The molecule has 0 bridgehead atoms. The zero-order chi connectivity index (χ0) is 41.9. The summed E-state index contributed by atoms with van der Waals surface area (Å²) in [5.74, 6) is 0.728. The summed E-state index contributed by atoms with van der Waals surface area (Å²) in [7, 11) is 0. The number of β-amino-alcohol motifs (C(OH)–C–C–N with tert-alkyl or cyclic N) is 1. The Bertz CT molecular complexity index is 2340. The van der Waals surface area contributed by atoms with Gasteiger partial charge in [-0.2, -0.15) is 0 Å². The van der Waals surface area contributed by atoms with Crippen molar-refractivity contribution < 1.29 is 23.8 Å². The van der Waals surface area contributed by atoms with E-state index in [0.717, 1.165) is 85.9 Å². The molecule has 60 heavy (non-hydrogen) atoms. The Hall–Kier alpha value is -5.83. The van der Waals surface area contributed by atoms with Crippen molar-refractivity contribution >= 4 is 34.5 Å². The predicted octanol–water partition coefficient (Wildman–Crippen LogP) is 7.24. The number of aliphatic hydroxyl groups excluding tert-OH is 1. The lowest BCUT2D eigenvalue weighted by Crippen LogP contribution is -2.47. The number of H-pyrrole nitrogens is 1. The van der Waals surface area contributed by atoms with Crippen LogP contribution < -0.4 is 20.3 Å². The van der Waals surface area contributed by atoms with Gasteiger partial charge in [-0.1, -0.05) is 44.7 Å². The highest BCUT2D eigenvalue weighted by atomic mass is 19.1. The summed E-state index contributed by atoms with van der Waals surface area (Å²) < 4.78 is 21.2. The quantitative estimate of drug-likeness (QED) is 0.103. The average Bonchev–Trinajstić information content (AvgIpc) is 3.83. The summed E-state index contributed by atoms with van der Waals surface area (Å²) in [5.41, 5.74) is 7.50. The van der Waals surface area contributed by atoms with Crippen LogP contribution in [0.15, 0.2) is 85.3 Å². The lowest BCUT2D eigenvalue weighted by atomic mass is 9.95. The molecule has 5 heterocycles. The van der Waals surface area contributed by atoms with Crippen LogP contribution in [0.2, 0.25) is 0 Å². The summed E-state index contributed by atoms with van der Waals surface area (Å²) in [4.78, 5) is 46.3. The summed E-state index contributed by atoms with van der Waals surface area (Å²) in [5, 5.41) is 17.0. The third-order valence-electron chi connectivity index (χ3n) is 11.9. The zero-order valence-corrected chi connectivity index (χ0v) is 34.6. The van der Waals surface area contributed by atoms with Crippen LogP contribution in [0.3, 0.4) is 0 Å². The molecule has 0 aliphatic carbocycles. The number of ether oxygens (including phenoxy) is 1. The van der Waals surface area contributed by atoms with E-state index in [1.165, 1.54) is 24.0 Å². The fourth-order valence-electron chi connectivity index (χ4n) is 8.53. The monoisotopic (exact) mass is 815 g/mol. The maximum atomic E-state index is 15.2. The number of hydrogen-bond donors (Lipinski definition) is 4.